The predicted molar refractivity (Wildman–Crippen MR) is 80.4 cm³/mol. The summed E-state index contributed by atoms with van der Waals surface area (Å²) in [4.78, 5) is 2.30. The third-order valence-electron chi connectivity index (χ3n) is 4.17. The van der Waals surface area contributed by atoms with E-state index in [4.69, 9.17) is 10.5 Å². The van der Waals surface area contributed by atoms with Crippen LogP contribution in [0.2, 0.25) is 0 Å². The minimum atomic E-state index is -0.0634. The highest BCUT2D eigenvalue weighted by Gasteiger charge is 2.33. The van der Waals surface area contributed by atoms with Gasteiger partial charge in [0.25, 0.3) is 0 Å². The first-order valence-corrected chi connectivity index (χ1v) is 7.28. The molecular weight excluding hydrogens is 252 g/mol. The third-order valence-corrected chi connectivity index (χ3v) is 4.17. The van der Waals surface area contributed by atoms with Gasteiger partial charge in [-0.1, -0.05) is 44.2 Å². The first kappa shape index (κ1) is 15.4. The van der Waals surface area contributed by atoms with E-state index in [2.05, 4.69) is 30.9 Å². The quantitative estimate of drug-likeness (QED) is 0.855. The molecular formula is C16H26N2O2. The molecule has 1 aliphatic heterocycles. The standard InChI is InChI=1S/C16H26N2O2/c1-16(2,15(17)13-6-4-3-5-7-13)12-18-8-9-20-11-14(18)10-19/h3-7,14-15,19H,8-12,17H2,1-2H3. The van der Waals surface area contributed by atoms with Gasteiger partial charge in [-0.15, -0.1) is 0 Å². The van der Waals surface area contributed by atoms with Crippen LogP contribution in [-0.2, 0) is 4.74 Å². The monoisotopic (exact) mass is 278 g/mol. The van der Waals surface area contributed by atoms with Gasteiger partial charge in [-0.05, 0) is 11.0 Å². The summed E-state index contributed by atoms with van der Waals surface area (Å²) in [6, 6.07) is 10.3. The van der Waals surface area contributed by atoms with Crippen molar-refractivity contribution in [3.63, 3.8) is 0 Å². The second-order valence-corrected chi connectivity index (χ2v) is 6.26. The van der Waals surface area contributed by atoms with E-state index >= 15 is 0 Å². The smallest absolute Gasteiger partial charge is 0.0644 e. The predicted octanol–water partition coefficient (Wildman–Crippen LogP) is 1.41. The lowest BCUT2D eigenvalue weighted by molar-refractivity contribution is -0.0435. The van der Waals surface area contributed by atoms with Crippen molar-refractivity contribution in [2.75, 3.05) is 32.9 Å². The van der Waals surface area contributed by atoms with Crippen LogP contribution in [0.15, 0.2) is 30.3 Å². The van der Waals surface area contributed by atoms with Crippen molar-refractivity contribution in [2.45, 2.75) is 25.9 Å². The Kier molecular flexibility index (Phi) is 5.16. The summed E-state index contributed by atoms with van der Waals surface area (Å²) < 4.78 is 5.43. The van der Waals surface area contributed by atoms with Crippen LogP contribution >= 0.6 is 0 Å². The Bertz CT molecular complexity index is 408. The van der Waals surface area contributed by atoms with E-state index in [0.717, 1.165) is 25.3 Å². The molecule has 1 aromatic rings. The summed E-state index contributed by atoms with van der Waals surface area (Å²) >= 11 is 0. The SMILES string of the molecule is CC(C)(CN1CCOCC1CO)C(N)c1ccccc1. The summed E-state index contributed by atoms with van der Waals surface area (Å²) in [5.41, 5.74) is 7.55. The fraction of sp³-hybridized carbons (Fsp3) is 0.625. The van der Waals surface area contributed by atoms with Gasteiger partial charge in [0.05, 0.1) is 25.9 Å². The average molecular weight is 278 g/mol. The number of hydrogen-bond acceptors (Lipinski definition) is 4. The Morgan fingerprint density at radius 1 is 1.40 bits per heavy atom. The summed E-state index contributed by atoms with van der Waals surface area (Å²) in [6.45, 7) is 7.56. The maximum atomic E-state index is 9.46. The van der Waals surface area contributed by atoms with Crippen molar-refractivity contribution in [1.29, 1.82) is 0 Å². The van der Waals surface area contributed by atoms with Gasteiger partial charge in [0.2, 0.25) is 0 Å². The second-order valence-electron chi connectivity index (χ2n) is 6.26. The molecule has 0 bridgehead atoms. The van der Waals surface area contributed by atoms with Gasteiger partial charge >= 0.3 is 0 Å². The Balaban J connectivity index is 2.05. The average Bonchev–Trinajstić information content (AvgIpc) is 2.47. The number of ether oxygens (including phenoxy) is 1. The van der Waals surface area contributed by atoms with E-state index in [0.29, 0.717) is 6.61 Å². The molecule has 2 atom stereocenters. The van der Waals surface area contributed by atoms with Crippen LogP contribution in [0.1, 0.15) is 25.5 Å². The number of nitrogens with zero attached hydrogens (tertiary/aromatic N) is 1. The molecule has 4 nitrogen and oxygen atoms in total. The molecule has 1 fully saturated rings. The fourth-order valence-electron chi connectivity index (χ4n) is 2.80. The zero-order valence-electron chi connectivity index (χ0n) is 12.5. The number of benzene rings is 1. The summed E-state index contributed by atoms with van der Waals surface area (Å²) in [7, 11) is 0. The van der Waals surface area contributed by atoms with E-state index in [9.17, 15) is 5.11 Å². The Morgan fingerprint density at radius 2 is 2.10 bits per heavy atom. The lowest BCUT2D eigenvalue weighted by Crippen LogP contribution is -2.52. The van der Waals surface area contributed by atoms with Gasteiger partial charge in [0, 0.05) is 19.1 Å². The number of aliphatic hydroxyl groups is 1. The number of hydrogen-bond donors (Lipinski definition) is 2. The highest BCUT2D eigenvalue weighted by atomic mass is 16.5. The molecule has 1 aliphatic rings. The van der Waals surface area contributed by atoms with Crippen molar-refractivity contribution in [1.82, 2.24) is 4.90 Å². The summed E-state index contributed by atoms with van der Waals surface area (Å²) in [5, 5.41) is 9.46. The molecule has 0 radical (unpaired) electrons. The normalized spacial score (nSPS) is 22.7. The van der Waals surface area contributed by atoms with Crippen LogP contribution in [0, 0.1) is 5.41 Å². The summed E-state index contributed by atoms with van der Waals surface area (Å²) in [6.07, 6.45) is 0. The van der Waals surface area contributed by atoms with Gasteiger partial charge in [-0.2, -0.15) is 0 Å². The van der Waals surface area contributed by atoms with E-state index in [1.165, 1.54) is 0 Å². The number of aliphatic hydroxyl groups excluding tert-OH is 1. The molecule has 0 saturated carbocycles. The number of rotatable bonds is 5. The molecule has 0 aromatic heterocycles. The highest BCUT2D eigenvalue weighted by Crippen LogP contribution is 2.32. The third kappa shape index (κ3) is 3.58. The lowest BCUT2D eigenvalue weighted by atomic mass is 9.80. The molecule has 20 heavy (non-hydrogen) atoms. The minimum absolute atomic E-state index is 0.0223. The van der Waals surface area contributed by atoms with Crippen molar-refractivity contribution >= 4 is 0 Å². The van der Waals surface area contributed by atoms with Gasteiger partial charge in [-0.3, -0.25) is 4.90 Å². The lowest BCUT2D eigenvalue weighted by Gasteiger charge is -2.42. The van der Waals surface area contributed by atoms with Gasteiger partial charge in [-0.25, -0.2) is 0 Å². The molecule has 2 rings (SSSR count). The molecule has 4 heteroatoms. The van der Waals surface area contributed by atoms with Crippen molar-refractivity contribution < 1.29 is 9.84 Å². The van der Waals surface area contributed by atoms with Crippen LogP contribution < -0.4 is 5.73 Å². The maximum absolute atomic E-state index is 9.46. The first-order valence-electron chi connectivity index (χ1n) is 7.28. The molecule has 0 spiro atoms. The summed E-state index contributed by atoms with van der Waals surface area (Å²) in [5.74, 6) is 0. The fourth-order valence-corrected chi connectivity index (χ4v) is 2.80. The largest absolute Gasteiger partial charge is 0.395 e. The van der Waals surface area contributed by atoms with Crippen molar-refractivity contribution in [3.8, 4) is 0 Å². The molecule has 1 heterocycles. The molecule has 112 valence electrons. The van der Waals surface area contributed by atoms with Crippen LogP contribution in [0.3, 0.4) is 0 Å². The van der Waals surface area contributed by atoms with E-state index in [1.54, 1.807) is 0 Å². The van der Waals surface area contributed by atoms with Crippen LogP contribution in [0.4, 0.5) is 0 Å². The van der Waals surface area contributed by atoms with E-state index in [-0.39, 0.29) is 24.1 Å². The Labute approximate surface area is 121 Å². The van der Waals surface area contributed by atoms with Crippen LogP contribution in [0.25, 0.3) is 0 Å². The van der Waals surface area contributed by atoms with Crippen LogP contribution in [0.5, 0.6) is 0 Å². The van der Waals surface area contributed by atoms with Crippen molar-refractivity contribution in [2.24, 2.45) is 11.1 Å². The zero-order valence-corrected chi connectivity index (χ0v) is 12.5. The molecule has 3 N–H and O–H groups in total. The molecule has 2 unspecified atom stereocenters. The van der Waals surface area contributed by atoms with Gasteiger partial charge in [0.1, 0.15) is 0 Å². The second kappa shape index (κ2) is 6.68. The number of morpholine rings is 1. The minimum Gasteiger partial charge on any atom is -0.395 e. The van der Waals surface area contributed by atoms with Crippen molar-refractivity contribution in [3.05, 3.63) is 35.9 Å². The topological polar surface area (TPSA) is 58.7 Å². The first-order chi connectivity index (χ1) is 9.54. The Morgan fingerprint density at radius 3 is 2.75 bits per heavy atom. The van der Waals surface area contributed by atoms with Crippen LogP contribution in [-0.4, -0.2) is 49.0 Å². The molecule has 1 aromatic carbocycles. The maximum Gasteiger partial charge on any atom is 0.0644 e. The molecule has 0 aliphatic carbocycles. The van der Waals surface area contributed by atoms with E-state index < -0.39 is 0 Å². The van der Waals surface area contributed by atoms with Gasteiger partial charge < -0.3 is 15.6 Å². The molecule has 1 saturated heterocycles. The zero-order chi connectivity index (χ0) is 14.6. The Hall–Kier alpha value is -0.940. The number of nitrogens with two attached hydrogens (primary N) is 1. The highest BCUT2D eigenvalue weighted by molar-refractivity contribution is 5.20. The molecule has 0 amide bonds. The van der Waals surface area contributed by atoms with E-state index in [1.807, 2.05) is 18.2 Å². The van der Waals surface area contributed by atoms with Gasteiger partial charge in [0.15, 0.2) is 0 Å².